The van der Waals surface area contributed by atoms with E-state index >= 15 is 0 Å². The van der Waals surface area contributed by atoms with Crippen LogP contribution in [0.5, 0.6) is 0 Å². The van der Waals surface area contributed by atoms with Gasteiger partial charge in [-0.3, -0.25) is 18.9 Å². The smallest absolute Gasteiger partial charge is 0.294 e. The van der Waals surface area contributed by atoms with Gasteiger partial charge in [-0.2, -0.15) is 8.42 Å². The predicted octanol–water partition coefficient (Wildman–Crippen LogP) is 7.57. The van der Waals surface area contributed by atoms with Gasteiger partial charge in [-0.15, -0.1) is 11.3 Å². The summed E-state index contributed by atoms with van der Waals surface area (Å²) in [5.41, 5.74) is 5.24. The first-order valence-electron chi connectivity index (χ1n) is 19.7. The van der Waals surface area contributed by atoms with Crippen LogP contribution in [0.2, 0.25) is 0 Å². The number of hydrogen-bond donors (Lipinski definition) is 4. The molecular formula is C42H60N4O7S2. The van der Waals surface area contributed by atoms with E-state index in [1.54, 1.807) is 23.5 Å². The van der Waals surface area contributed by atoms with Crippen LogP contribution in [-0.4, -0.2) is 70.4 Å². The van der Waals surface area contributed by atoms with Crippen LogP contribution >= 0.6 is 11.3 Å². The quantitative estimate of drug-likeness (QED) is 0.0672. The lowest BCUT2D eigenvalue weighted by atomic mass is 9.85. The molecule has 4 atom stereocenters. The number of β-amino-alcohol motifs (C(OH)–C–C–N with tert-alkyl or cyclic N) is 1. The van der Waals surface area contributed by atoms with E-state index in [0.717, 1.165) is 85.0 Å². The SMILES string of the molecule is Cc1ncsc1-c1ccc([C@H](C)NC(=O)[C@@H]2C[C@@H](O)CN2C(=O)[C@@H](NC(=O)CCCCCCCCCCCCc2ccc(S(=O)(=O)O)cc2)C(C)(C)C)cc1. The Hall–Kier alpha value is -3.65. The van der Waals surface area contributed by atoms with Crippen LogP contribution in [0.4, 0.5) is 0 Å². The molecule has 0 aliphatic carbocycles. The lowest BCUT2D eigenvalue weighted by Gasteiger charge is -2.35. The van der Waals surface area contributed by atoms with E-state index in [0.29, 0.717) is 6.42 Å². The Morgan fingerprint density at radius 1 is 0.891 bits per heavy atom. The standard InChI is InChI=1S/C42H60N4O7S2/c1-29(32-20-22-33(23-21-32)38-30(2)43-28-54-38)44-40(49)36-26-34(47)27-46(36)41(50)39(42(3,4)5)45-37(48)17-15-13-11-9-7-6-8-10-12-14-16-31-18-24-35(25-19-31)55(51,52)53/h18-25,28-29,34,36,39,47H,6-17,26-27H2,1-5H3,(H,44,49)(H,45,48)(H,51,52,53)/t29-,34+,36-,39+/m0/s1. The van der Waals surface area contributed by atoms with Gasteiger partial charge in [0.25, 0.3) is 10.1 Å². The van der Waals surface area contributed by atoms with Crippen molar-refractivity contribution in [2.24, 2.45) is 5.41 Å². The molecule has 1 aliphatic rings. The Kier molecular flexibility index (Phi) is 16.4. The Morgan fingerprint density at radius 2 is 1.47 bits per heavy atom. The average molecular weight is 797 g/mol. The average Bonchev–Trinajstić information content (AvgIpc) is 3.75. The van der Waals surface area contributed by atoms with Crippen molar-refractivity contribution in [2.45, 2.75) is 147 Å². The summed E-state index contributed by atoms with van der Waals surface area (Å²) in [6.45, 7) is 9.59. The number of aryl methyl sites for hydroxylation is 2. The maximum Gasteiger partial charge on any atom is 0.294 e. The number of hydrogen-bond acceptors (Lipinski definition) is 8. The summed E-state index contributed by atoms with van der Waals surface area (Å²) in [4.78, 5) is 47.4. The fourth-order valence-corrected chi connectivity index (χ4v) is 8.40. The highest BCUT2D eigenvalue weighted by Crippen LogP contribution is 2.30. The molecule has 1 aromatic heterocycles. The number of amides is 3. The monoisotopic (exact) mass is 796 g/mol. The van der Waals surface area contributed by atoms with E-state index in [1.165, 1.54) is 29.9 Å². The van der Waals surface area contributed by atoms with Crippen molar-refractivity contribution in [1.29, 1.82) is 0 Å². The molecule has 4 N–H and O–H groups in total. The number of unbranched alkanes of at least 4 members (excludes halogenated alkanes) is 9. The Morgan fingerprint density at radius 3 is 2.02 bits per heavy atom. The summed E-state index contributed by atoms with van der Waals surface area (Å²) >= 11 is 1.58. The molecule has 2 heterocycles. The zero-order valence-corrected chi connectivity index (χ0v) is 34.7. The molecule has 0 radical (unpaired) electrons. The highest BCUT2D eigenvalue weighted by Gasteiger charge is 2.44. The van der Waals surface area contributed by atoms with E-state index < -0.39 is 33.7 Å². The molecule has 1 fully saturated rings. The van der Waals surface area contributed by atoms with E-state index in [4.69, 9.17) is 4.55 Å². The summed E-state index contributed by atoms with van der Waals surface area (Å²) in [7, 11) is -4.15. The number of aliphatic hydroxyl groups is 1. The van der Waals surface area contributed by atoms with Crippen LogP contribution in [0.25, 0.3) is 10.4 Å². The van der Waals surface area contributed by atoms with E-state index in [-0.39, 0.29) is 41.6 Å². The first-order valence-corrected chi connectivity index (χ1v) is 22.0. The Balaban J connectivity index is 1.14. The third kappa shape index (κ3) is 13.5. The number of nitrogens with one attached hydrogen (secondary N) is 2. The topological polar surface area (TPSA) is 166 Å². The molecule has 3 aromatic rings. The second kappa shape index (κ2) is 20.5. The molecule has 1 saturated heterocycles. The maximum absolute atomic E-state index is 14.0. The van der Waals surface area contributed by atoms with E-state index in [2.05, 4.69) is 15.6 Å². The van der Waals surface area contributed by atoms with Gasteiger partial charge in [-0.05, 0) is 67.3 Å². The molecule has 0 spiro atoms. The van der Waals surface area contributed by atoms with Gasteiger partial charge >= 0.3 is 0 Å². The van der Waals surface area contributed by atoms with Crippen molar-refractivity contribution in [3.63, 3.8) is 0 Å². The van der Waals surface area contributed by atoms with Gasteiger partial charge in [0.1, 0.15) is 12.1 Å². The number of likely N-dealkylation sites (tertiary alicyclic amines) is 1. The number of aliphatic hydroxyl groups excluding tert-OH is 1. The Labute approximate surface area is 331 Å². The van der Waals surface area contributed by atoms with Crippen molar-refractivity contribution in [3.05, 3.63) is 70.9 Å². The highest BCUT2D eigenvalue weighted by molar-refractivity contribution is 7.85. The van der Waals surface area contributed by atoms with Gasteiger partial charge in [-0.1, -0.05) is 109 Å². The van der Waals surface area contributed by atoms with Crippen molar-refractivity contribution >= 4 is 39.2 Å². The zero-order chi connectivity index (χ0) is 40.2. The Bertz CT molecular complexity index is 1800. The number of benzene rings is 2. The molecule has 13 heteroatoms. The normalized spacial score (nSPS) is 17.2. The minimum atomic E-state index is -4.15. The maximum atomic E-state index is 14.0. The van der Waals surface area contributed by atoms with Gasteiger partial charge in [0.05, 0.1) is 33.1 Å². The number of rotatable bonds is 20. The zero-order valence-electron chi connectivity index (χ0n) is 33.1. The fraction of sp³-hybridized carbons (Fsp3) is 0.571. The van der Waals surface area contributed by atoms with Crippen molar-refractivity contribution < 1.29 is 32.5 Å². The summed E-state index contributed by atoms with van der Waals surface area (Å²) in [5, 5.41) is 16.6. The predicted molar refractivity (Wildman–Crippen MR) is 217 cm³/mol. The molecule has 2 aromatic carbocycles. The minimum absolute atomic E-state index is 0.0347. The van der Waals surface area contributed by atoms with Gasteiger partial charge < -0.3 is 20.6 Å². The first-order chi connectivity index (χ1) is 26.0. The summed E-state index contributed by atoms with van der Waals surface area (Å²) < 4.78 is 31.4. The highest BCUT2D eigenvalue weighted by atomic mass is 32.2. The number of carbonyl (C=O) groups excluding carboxylic acids is 3. The third-order valence-electron chi connectivity index (χ3n) is 10.4. The van der Waals surface area contributed by atoms with Crippen LogP contribution < -0.4 is 10.6 Å². The second-order valence-corrected chi connectivity index (χ2v) is 18.3. The van der Waals surface area contributed by atoms with Crippen LogP contribution in [0.15, 0.2) is 58.9 Å². The molecule has 3 amide bonds. The number of thiazole rings is 1. The number of nitrogens with zero attached hydrogens (tertiary/aromatic N) is 2. The molecule has 0 unspecified atom stereocenters. The van der Waals surface area contributed by atoms with Gasteiger partial charge in [0.2, 0.25) is 17.7 Å². The fourth-order valence-electron chi connectivity index (χ4n) is 7.11. The summed E-state index contributed by atoms with van der Waals surface area (Å²) in [6.07, 6.45) is 11.1. The molecule has 11 nitrogen and oxygen atoms in total. The molecule has 0 saturated carbocycles. The first kappa shape index (κ1) is 44.1. The lowest BCUT2D eigenvalue weighted by Crippen LogP contribution is -2.57. The van der Waals surface area contributed by atoms with Gasteiger partial charge in [0, 0.05) is 19.4 Å². The molecule has 55 heavy (non-hydrogen) atoms. The summed E-state index contributed by atoms with van der Waals surface area (Å²) in [5.74, 6) is -0.874. The number of carbonyl (C=O) groups is 3. The van der Waals surface area contributed by atoms with Crippen molar-refractivity contribution in [2.75, 3.05) is 6.54 Å². The lowest BCUT2D eigenvalue weighted by molar-refractivity contribution is -0.144. The summed E-state index contributed by atoms with van der Waals surface area (Å²) in [6, 6.07) is 12.4. The number of aromatic nitrogens is 1. The van der Waals surface area contributed by atoms with E-state index in [1.807, 2.05) is 64.4 Å². The van der Waals surface area contributed by atoms with Gasteiger partial charge in [0.15, 0.2) is 0 Å². The molecule has 0 bridgehead atoms. The van der Waals surface area contributed by atoms with E-state index in [9.17, 15) is 27.9 Å². The largest absolute Gasteiger partial charge is 0.391 e. The molecule has 302 valence electrons. The molecule has 1 aliphatic heterocycles. The van der Waals surface area contributed by atoms with Crippen molar-refractivity contribution in [3.8, 4) is 10.4 Å². The van der Waals surface area contributed by atoms with Crippen LogP contribution in [0, 0.1) is 12.3 Å². The van der Waals surface area contributed by atoms with Crippen LogP contribution in [-0.2, 0) is 30.9 Å². The van der Waals surface area contributed by atoms with Gasteiger partial charge in [-0.25, -0.2) is 4.98 Å². The van der Waals surface area contributed by atoms with Crippen LogP contribution in [0.3, 0.4) is 0 Å². The third-order valence-corrected chi connectivity index (χ3v) is 12.2. The van der Waals surface area contributed by atoms with Crippen molar-refractivity contribution in [1.82, 2.24) is 20.5 Å². The molecular weight excluding hydrogens is 737 g/mol. The van der Waals surface area contributed by atoms with Crippen LogP contribution in [0.1, 0.15) is 128 Å². The minimum Gasteiger partial charge on any atom is -0.391 e. The molecule has 4 rings (SSSR count). The second-order valence-electron chi connectivity index (χ2n) is 16.0.